The topological polar surface area (TPSA) is 194 Å². The van der Waals surface area contributed by atoms with Gasteiger partial charge < -0.3 is 29.5 Å². The number of amides is 4. The maximum Gasteiger partial charge on any atom is 0.411 e. The van der Waals surface area contributed by atoms with Crippen LogP contribution in [0.1, 0.15) is 86.0 Å². The van der Waals surface area contributed by atoms with E-state index in [0.29, 0.717) is 56.1 Å². The van der Waals surface area contributed by atoms with Gasteiger partial charge in [-0.1, -0.05) is 32.4 Å². The number of fused-ring (bicyclic) bond motifs is 3. The van der Waals surface area contributed by atoms with E-state index < -0.39 is 85.9 Å². The van der Waals surface area contributed by atoms with Gasteiger partial charge in [0, 0.05) is 23.8 Å². The van der Waals surface area contributed by atoms with Crippen LogP contribution in [0.3, 0.4) is 0 Å². The van der Waals surface area contributed by atoms with E-state index in [1.807, 2.05) is 13.0 Å². The molecule has 0 bridgehead atoms. The third-order valence-corrected chi connectivity index (χ3v) is 15.0. The van der Waals surface area contributed by atoms with Crippen LogP contribution < -0.4 is 24.2 Å². The summed E-state index contributed by atoms with van der Waals surface area (Å²) in [4.78, 5) is 62.6. The van der Waals surface area contributed by atoms with Gasteiger partial charge in [0.25, 0.3) is 5.91 Å². The molecule has 2 aromatic rings. The lowest BCUT2D eigenvalue weighted by Crippen LogP contribution is -2.66. The summed E-state index contributed by atoms with van der Waals surface area (Å²) in [6.45, 7) is 6.07. The first-order valence-corrected chi connectivity index (χ1v) is 21.6. The second kappa shape index (κ2) is 16.2. The Morgan fingerprint density at radius 1 is 1.12 bits per heavy atom. The third kappa shape index (κ3) is 8.42. The molecule has 2 aliphatic heterocycles. The van der Waals surface area contributed by atoms with E-state index in [9.17, 15) is 41.1 Å². The Bertz CT molecular complexity index is 2160. The summed E-state index contributed by atoms with van der Waals surface area (Å²) >= 11 is 0. The number of hydrogen-bond donors (Lipinski definition) is 3. The van der Waals surface area contributed by atoms with Crippen LogP contribution in [0.25, 0.3) is 10.8 Å². The molecule has 3 N–H and O–H groups in total. The van der Waals surface area contributed by atoms with E-state index in [1.165, 1.54) is 21.1 Å². The predicted octanol–water partition coefficient (Wildman–Crippen LogP) is 5.57. The van der Waals surface area contributed by atoms with Crippen molar-refractivity contribution >= 4 is 44.6 Å². The average molecular weight is 866 g/mol. The van der Waals surface area contributed by atoms with E-state index in [4.69, 9.17) is 14.2 Å². The third-order valence-electron chi connectivity index (χ3n) is 12.8. The Morgan fingerprint density at radius 2 is 1.82 bits per heavy atom. The van der Waals surface area contributed by atoms with Gasteiger partial charge in [-0.3, -0.25) is 24.0 Å². The number of nitrogens with zero attached hydrogens (tertiary/aromatic N) is 3. The number of benzene rings is 1. The highest BCUT2D eigenvalue weighted by Crippen LogP contribution is 2.48. The maximum atomic E-state index is 15.2. The van der Waals surface area contributed by atoms with Gasteiger partial charge in [-0.05, 0) is 94.7 Å². The highest BCUT2D eigenvalue weighted by molar-refractivity contribution is 7.91. The number of hydrogen-bond acceptors (Lipinski definition) is 10. The van der Waals surface area contributed by atoms with Crippen LogP contribution >= 0.6 is 0 Å². The van der Waals surface area contributed by atoms with Crippen molar-refractivity contribution in [3.63, 3.8) is 0 Å². The van der Waals surface area contributed by atoms with Crippen molar-refractivity contribution in [1.82, 2.24) is 24.8 Å². The largest absolute Gasteiger partial charge is 0.497 e. The van der Waals surface area contributed by atoms with Crippen LogP contribution in [0.15, 0.2) is 36.4 Å². The first-order valence-electron chi connectivity index (χ1n) is 20.2. The molecule has 3 fully saturated rings. The quantitative estimate of drug-likeness (QED) is 0.253. The number of ether oxygens (including phenoxy) is 3. The number of alkyl halides is 3. The Kier molecular flexibility index (Phi) is 12.1. The molecule has 19 heteroatoms. The number of allylic oxidation sites excluding steroid dienone is 1. The lowest BCUT2D eigenvalue weighted by atomic mass is 9.82. The zero-order valence-corrected chi connectivity index (χ0v) is 35.6. The van der Waals surface area contributed by atoms with Gasteiger partial charge in [-0.2, -0.15) is 18.2 Å². The Hall–Kier alpha value is -4.81. The number of aromatic nitrogens is 1. The highest BCUT2D eigenvalue weighted by atomic mass is 32.2. The van der Waals surface area contributed by atoms with E-state index in [1.54, 1.807) is 37.3 Å². The number of pyridine rings is 1. The molecule has 1 saturated heterocycles. The molecule has 6 rings (SSSR count). The molecule has 4 aliphatic rings. The lowest BCUT2D eigenvalue weighted by Gasteiger charge is -2.46. The predicted molar refractivity (Wildman–Crippen MR) is 213 cm³/mol. The van der Waals surface area contributed by atoms with Crippen LogP contribution in [0, 0.1) is 17.8 Å². The van der Waals surface area contributed by atoms with Crippen molar-refractivity contribution in [2.45, 2.75) is 126 Å². The number of halogens is 3. The average Bonchev–Trinajstić information content (AvgIpc) is 4.06. The molecule has 1 aromatic heterocycles. The summed E-state index contributed by atoms with van der Waals surface area (Å²) in [6, 6.07) is 3.32. The van der Waals surface area contributed by atoms with E-state index in [0.717, 1.165) is 4.90 Å². The van der Waals surface area contributed by atoms with Gasteiger partial charge >= 0.3 is 12.3 Å². The summed E-state index contributed by atoms with van der Waals surface area (Å²) in [6.07, 6.45) is -2.80. The number of carbonyl (C=O) groups excluding carboxylic acids is 3. The molecule has 2 aliphatic carbocycles. The molecule has 1 aromatic carbocycles. The molecular weight excluding hydrogens is 812 g/mol. The SMILES string of the molecule is CC[C@@H]1C[C@@H](C)CCC=C[C@@H]2C[C@@]2(C(=O)NS(=O)(=O)C2(C)CC2)NC(=O)[C@@H]2C[C@@H](Oc3nc(OC)cc4cc(OC)ccc34)CN2C(=O)[C@H]1N(C(=O)O)C(C)(C)C(F)(F)F. The van der Waals surface area contributed by atoms with Crippen LogP contribution in [0.2, 0.25) is 0 Å². The number of nitrogens with one attached hydrogen (secondary N) is 2. The second-order valence-electron chi connectivity index (χ2n) is 17.4. The number of methoxy groups -OCH3 is 2. The second-order valence-corrected chi connectivity index (χ2v) is 19.6. The summed E-state index contributed by atoms with van der Waals surface area (Å²) in [5.41, 5.74) is -4.78. The summed E-state index contributed by atoms with van der Waals surface area (Å²) in [5.74, 6) is -3.87. The van der Waals surface area contributed by atoms with Crippen molar-refractivity contribution in [2.75, 3.05) is 20.8 Å². The molecule has 15 nitrogen and oxygen atoms in total. The Balaban J connectivity index is 1.45. The van der Waals surface area contributed by atoms with Crippen molar-refractivity contribution in [1.29, 1.82) is 0 Å². The minimum Gasteiger partial charge on any atom is -0.497 e. The molecule has 4 amide bonds. The van der Waals surface area contributed by atoms with Gasteiger partial charge in [0.1, 0.15) is 35.0 Å². The molecule has 0 unspecified atom stereocenters. The fraction of sp³-hybridized carbons (Fsp3) is 0.634. The molecule has 0 radical (unpaired) electrons. The fourth-order valence-electron chi connectivity index (χ4n) is 8.43. The number of carbonyl (C=O) groups is 4. The van der Waals surface area contributed by atoms with Crippen LogP contribution in [-0.4, -0.2) is 113 Å². The van der Waals surface area contributed by atoms with Crippen LogP contribution in [0.5, 0.6) is 17.5 Å². The molecule has 60 heavy (non-hydrogen) atoms. The number of carboxylic acid groups (broad SMARTS) is 1. The van der Waals surface area contributed by atoms with Gasteiger partial charge in [-0.15, -0.1) is 0 Å². The monoisotopic (exact) mass is 865 g/mol. The summed E-state index contributed by atoms with van der Waals surface area (Å²) in [7, 11) is -1.24. The van der Waals surface area contributed by atoms with E-state index >= 15 is 4.79 Å². The van der Waals surface area contributed by atoms with Crippen LogP contribution in [-0.2, 0) is 24.4 Å². The van der Waals surface area contributed by atoms with Crippen molar-refractivity contribution < 1.29 is 60.1 Å². The van der Waals surface area contributed by atoms with Crippen molar-refractivity contribution in [3.05, 3.63) is 36.4 Å². The fourth-order valence-corrected chi connectivity index (χ4v) is 9.74. The molecule has 2 saturated carbocycles. The number of rotatable bonds is 10. The molecular formula is C41H54F3N5O10S. The standard InChI is InChI=1S/C41H54F3N5O10S/c1-8-24-17-23(2)11-9-10-12-26-21-40(26,36(52)47-60(55,56)39(5)15-16-39)46-33(50)30-20-28(59-34-29-14-13-27(57-6)18-25(29)19-31(45-34)58-7)22-48(30)35(51)32(24)49(37(53)54)38(3,4)41(42,43)44/h10,12-14,18-19,23-24,26,28,30,32H,8-9,11,15-17,20-22H2,1-7H3,(H,46,50)(H,47,52)(H,53,54)/t23-,24+,26+,28+,30-,32-,40+/m0/s1. The van der Waals surface area contributed by atoms with Crippen molar-refractivity contribution in [3.8, 4) is 17.5 Å². The van der Waals surface area contributed by atoms with Crippen molar-refractivity contribution in [2.24, 2.45) is 17.8 Å². The summed E-state index contributed by atoms with van der Waals surface area (Å²) in [5, 5.41) is 14.4. The van der Waals surface area contributed by atoms with Gasteiger partial charge in [0.15, 0.2) is 0 Å². The molecule has 7 atom stereocenters. The van der Waals surface area contributed by atoms with E-state index in [-0.39, 0.29) is 54.8 Å². The maximum absolute atomic E-state index is 15.2. The first kappa shape index (κ1) is 44.7. The van der Waals surface area contributed by atoms with Gasteiger partial charge in [-0.25, -0.2) is 13.2 Å². The van der Waals surface area contributed by atoms with Gasteiger partial charge in [0.2, 0.25) is 33.6 Å². The minimum absolute atomic E-state index is 0.0414. The highest BCUT2D eigenvalue weighted by Gasteiger charge is 2.64. The van der Waals surface area contributed by atoms with Gasteiger partial charge in [0.05, 0.1) is 25.5 Å². The smallest absolute Gasteiger partial charge is 0.411 e. The zero-order valence-electron chi connectivity index (χ0n) is 34.8. The zero-order chi connectivity index (χ0) is 44.2. The normalized spacial score (nSPS) is 28.3. The first-order chi connectivity index (χ1) is 28.0. The molecule has 0 spiro atoms. The molecule has 330 valence electrons. The number of sulfonamides is 1. The Morgan fingerprint density at radius 3 is 2.42 bits per heavy atom. The van der Waals surface area contributed by atoms with E-state index in [2.05, 4.69) is 15.0 Å². The van der Waals surface area contributed by atoms with Crippen LogP contribution in [0.4, 0.5) is 18.0 Å². The Labute approximate surface area is 347 Å². The molecule has 3 heterocycles. The minimum atomic E-state index is -5.11. The summed E-state index contributed by atoms with van der Waals surface area (Å²) < 4.78 is 89.2. The lowest BCUT2D eigenvalue weighted by molar-refractivity contribution is -0.222.